The summed E-state index contributed by atoms with van der Waals surface area (Å²) in [5, 5.41) is 9.54. The highest BCUT2D eigenvalue weighted by molar-refractivity contribution is 5.92. The molecule has 2 rings (SSSR count). The number of hydrogen-bond donors (Lipinski definition) is 1. The van der Waals surface area contributed by atoms with Crippen molar-refractivity contribution in [1.29, 1.82) is 0 Å². The lowest BCUT2D eigenvalue weighted by molar-refractivity contribution is 0.0694. The molecule has 0 unspecified atom stereocenters. The Hall–Kier alpha value is -2.10. The van der Waals surface area contributed by atoms with Crippen molar-refractivity contribution in [2.45, 2.75) is 26.3 Å². The largest absolute Gasteiger partial charge is 0.477 e. The zero-order valence-corrected chi connectivity index (χ0v) is 10.6. The summed E-state index contributed by atoms with van der Waals surface area (Å²) >= 11 is 0. The molecule has 0 saturated heterocycles. The predicted molar refractivity (Wildman–Crippen MR) is 70.2 cm³/mol. The minimum atomic E-state index is -1.19. The van der Waals surface area contributed by atoms with E-state index in [1.54, 1.807) is 12.1 Å². The van der Waals surface area contributed by atoms with Gasteiger partial charge < -0.3 is 9.67 Å². The van der Waals surface area contributed by atoms with Gasteiger partial charge in [0.15, 0.2) is 0 Å². The summed E-state index contributed by atoms with van der Waals surface area (Å²) in [7, 11) is 0. The van der Waals surface area contributed by atoms with E-state index in [0.717, 1.165) is 5.52 Å². The Morgan fingerprint density at radius 2 is 1.83 bits per heavy atom. The van der Waals surface area contributed by atoms with Crippen LogP contribution in [-0.4, -0.2) is 15.6 Å². The molecule has 1 aromatic heterocycles. The minimum Gasteiger partial charge on any atom is -0.477 e. The van der Waals surface area contributed by atoms with Gasteiger partial charge in [-0.25, -0.2) is 4.79 Å². The first-order valence-corrected chi connectivity index (χ1v) is 5.70. The van der Waals surface area contributed by atoms with E-state index >= 15 is 0 Å². The van der Waals surface area contributed by atoms with Crippen LogP contribution < -0.4 is 5.43 Å². The third kappa shape index (κ3) is 1.90. The lowest BCUT2D eigenvalue weighted by atomic mass is 10.0. The SMILES string of the molecule is CC(C)(C)n1cc(C(=O)O)c(=O)c2ccccc21. The fourth-order valence-electron chi connectivity index (χ4n) is 1.99. The molecular formula is C14H15NO3. The lowest BCUT2D eigenvalue weighted by Crippen LogP contribution is -2.27. The number of fused-ring (bicyclic) bond motifs is 1. The highest BCUT2D eigenvalue weighted by atomic mass is 16.4. The topological polar surface area (TPSA) is 59.3 Å². The standard InChI is InChI=1S/C14H15NO3/c1-14(2,3)15-8-10(13(17)18)12(16)9-6-4-5-7-11(9)15/h4-8H,1-3H3,(H,17,18). The number of aromatic carboxylic acids is 1. The maximum Gasteiger partial charge on any atom is 0.341 e. The van der Waals surface area contributed by atoms with Crippen LogP contribution in [0, 0.1) is 0 Å². The molecule has 0 spiro atoms. The van der Waals surface area contributed by atoms with Gasteiger partial charge in [-0.15, -0.1) is 0 Å². The molecule has 1 aromatic carbocycles. The molecule has 0 saturated carbocycles. The van der Waals surface area contributed by atoms with Gasteiger partial charge in [-0.1, -0.05) is 12.1 Å². The summed E-state index contributed by atoms with van der Waals surface area (Å²) < 4.78 is 1.83. The molecule has 1 N–H and O–H groups in total. The number of carbonyl (C=O) groups is 1. The molecule has 0 radical (unpaired) electrons. The van der Waals surface area contributed by atoms with Crippen LogP contribution in [0.3, 0.4) is 0 Å². The number of nitrogens with zero attached hydrogens (tertiary/aromatic N) is 1. The lowest BCUT2D eigenvalue weighted by Gasteiger charge is -2.26. The maximum atomic E-state index is 12.1. The van der Waals surface area contributed by atoms with Crippen molar-refractivity contribution in [2.75, 3.05) is 0 Å². The van der Waals surface area contributed by atoms with E-state index in [9.17, 15) is 9.59 Å². The molecule has 94 valence electrons. The van der Waals surface area contributed by atoms with Crippen LogP contribution in [0.25, 0.3) is 10.9 Å². The summed E-state index contributed by atoms with van der Waals surface area (Å²) in [6.45, 7) is 5.90. The van der Waals surface area contributed by atoms with Crippen LogP contribution in [0.15, 0.2) is 35.3 Å². The predicted octanol–water partition coefficient (Wildman–Crippen LogP) is 2.45. The first-order chi connectivity index (χ1) is 8.32. The molecule has 18 heavy (non-hydrogen) atoms. The zero-order valence-electron chi connectivity index (χ0n) is 10.6. The monoisotopic (exact) mass is 245 g/mol. The van der Waals surface area contributed by atoms with Gasteiger partial charge in [0.05, 0.1) is 5.52 Å². The van der Waals surface area contributed by atoms with Crippen LogP contribution >= 0.6 is 0 Å². The van der Waals surface area contributed by atoms with Gasteiger partial charge in [0.1, 0.15) is 5.56 Å². The Labute approximate surface area is 104 Å². The Morgan fingerprint density at radius 3 is 2.39 bits per heavy atom. The van der Waals surface area contributed by atoms with E-state index in [1.165, 1.54) is 6.20 Å². The van der Waals surface area contributed by atoms with E-state index in [0.29, 0.717) is 5.39 Å². The fourth-order valence-corrected chi connectivity index (χ4v) is 1.99. The van der Waals surface area contributed by atoms with Crippen LogP contribution in [0.2, 0.25) is 0 Å². The molecule has 0 amide bonds. The van der Waals surface area contributed by atoms with Crippen molar-refractivity contribution >= 4 is 16.9 Å². The van der Waals surface area contributed by atoms with Crippen LogP contribution in [0.1, 0.15) is 31.1 Å². The third-order valence-corrected chi connectivity index (χ3v) is 2.86. The number of carboxylic acid groups (broad SMARTS) is 1. The highest BCUT2D eigenvalue weighted by Gasteiger charge is 2.20. The normalized spacial score (nSPS) is 11.7. The molecule has 4 heteroatoms. The molecular weight excluding hydrogens is 230 g/mol. The quantitative estimate of drug-likeness (QED) is 0.839. The Kier molecular flexibility index (Phi) is 2.73. The van der Waals surface area contributed by atoms with Crippen LogP contribution in [0.4, 0.5) is 0 Å². The average molecular weight is 245 g/mol. The summed E-state index contributed by atoms with van der Waals surface area (Å²) in [6.07, 6.45) is 1.42. The zero-order chi connectivity index (χ0) is 13.5. The molecule has 1 heterocycles. The van der Waals surface area contributed by atoms with Gasteiger partial charge in [-0.2, -0.15) is 0 Å². The minimum absolute atomic E-state index is 0.191. The van der Waals surface area contributed by atoms with Crippen molar-refractivity contribution < 1.29 is 9.90 Å². The smallest absolute Gasteiger partial charge is 0.341 e. The number of aromatic nitrogens is 1. The molecule has 0 aliphatic heterocycles. The van der Waals surface area contributed by atoms with Crippen LogP contribution in [0.5, 0.6) is 0 Å². The summed E-state index contributed by atoms with van der Waals surface area (Å²) in [5.41, 5.74) is -0.167. The third-order valence-electron chi connectivity index (χ3n) is 2.86. The number of carboxylic acids is 1. The summed E-state index contributed by atoms with van der Waals surface area (Å²) in [5.74, 6) is -1.19. The Balaban J connectivity index is 2.99. The van der Waals surface area contributed by atoms with Crippen molar-refractivity contribution in [3.05, 3.63) is 46.2 Å². The Bertz CT molecular complexity index is 677. The van der Waals surface area contributed by atoms with Crippen molar-refractivity contribution in [3.8, 4) is 0 Å². The first-order valence-electron chi connectivity index (χ1n) is 5.70. The molecule has 4 nitrogen and oxygen atoms in total. The molecule has 0 bridgehead atoms. The van der Waals surface area contributed by atoms with Gasteiger partial charge >= 0.3 is 5.97 Å². The van der Waals surface area contributed by atoms with E-state index < -0.39 is 11.4 Å². The Morgan fingerprint density at radius 1 is 1.22 bits per heavy atom. The second-order valence-corrected chi connectivity index (χ2v) is 5.24. The van der Waals surface area contributed by atoms with Gasteiger partial charge in [0.25, 0.3) is 0 Å². The van der Waals surface area contributed by atoms with Crippen molar-refractivity contribution in [3.63, 3.8) is 0 Å². The second kappa shape index (κ2) is 3.98. The average Bonchev–Trinajstić information content (AvgIpc) is 2.27. The first kappa shape index (κ1) is 12.4. The fraction of sp³-hybridized carbons (Fsp3) is 0.286. The molecule has 0 fully saturated rings. The van der Waals surface area contributed by atoms with Crippen LogP contribution in [-0.2, 0) is 5.54 Å². The van der Waals surface area contributed by atoms with Gasteiger partial charge in [-0.3, -0.25) is 4.79 Å². The van der Waals surface area contributed by atoms with E-state index in [-0.39, 0.29) is 11.1 Å². The molecule has 0 atom stereocenters. The summed E-state index contributed by atoms with van der Waals surface area (Å²) in [4.78, 5) is 23.2. The maximum absolute atomic E-state index is 12.1. The van der Waals surface area contributed by atoms with Gasteiger partial charge in [0, 0.05) is 17.1 Å². The van der Waals surface area contributed by atoms with E-state index in [2.05, 4.69) is 0 Å². The molecule has 0 aliphatic carbocycles. The number of para-hydroxylation sites is 1. The van der Waals surface area contributed by atoms with E-state index in [1.807, 2.05) is 37.5 Å². The summed E-state index contributed by atoms with van der Waals surface area (Å²) in [6, 6.07) is 7.06. The number of pyridine rings is 1. The van der Waals surface area contributed by atoms with Gasteiger partial charge in [-0.05, 0) is 32.9 Å². The molecule has 0 aliphatic rings. The van der Waals surface area contributed by atoms with Gasteiger partial charge in [0.2, 0.25) is 5.43 Å². The highest BCUT2D eigenvalue weighted by Crippen LogP contribution is 2.21. The number of rotatable bonds is 1. The van der Waals surface area contributed by atoms with E-state index in [4.69, 9.17) is 5.11 Å². The number of benzene rings is 1. The van der Waals surface area contributed by atoms with Crippen molar-refractivity contribution in [1.82, 2.24) is 4.57 Å². The molecule has 2 aromatic rings. The number of hydrogen-bond acceptors (Lipinski definition) is 2. The second-order valence-electron chi connectivity index (χ2n) is 5.24. The van der Waals surface area contributed by atoms with Crippen molar-refractivity contribution in [2.24, 2.45) is 0 Å².